The molecule has 0 bridgehead atoms. The second-order valence-corrected chi connectivity index (χ2v) is 6.22. The Morgan fingerprint density at radius 2 is 1.96 bits per heavy atom. The number of fused-ring (bicyclic) bond motifs is 1. The van der Waals surface area contributed by atoms with E-state index in [9.17, 15) is 9.18 Å². The van der Waals surface area contributed by atoms with Crippen molar-refractivity contribution < 1.29 is 18.7 Å². The van der Waals surface area contributed by atoms with Crippen molar-refractivity contribution >= 4 is 17.5 Å². The van der Waals surface area contributed by atoms with Crippen molar-refractivity contribution in [3.05, 3.63) is 71.3 Å². The zero-order valence-electron chi connectivity index (χ0n) is 15.0. The number of aromatic nitrogens is 2. The van der Waals surface area contributed by atoms with Gasteiger partial charge in [-0.1, -0.05) is 12.1 Å². The highest BCUT2D eigenvalue weighted by Gasteiger charge is 2.15. The molecule has 0 spiro atoms. The van der Waals surface area contributed by atoms with Gasteiger partial charge in [0.15, 0.2) is 11.5 Å². The quantitative estimate of drug-likeness (QED) is 0.706. The van der Waals surface area contributed by atoms with Crippen LogP contribution in [0.5, 0.6) is 11.5 Å². The molecule has 2 N–H and O–H groups in total. The van der Waals surface area contributed by atoms with Crippen molar-refractivity contribution in [2.24, 2.45) is 0 Å². The lowest BCUT2D eigenvalue weighted by atomic mass is 10.2. The SMILES string of the molecule is Cc1cc(C(=O)NCc2ccc3c(c2)OCO3)nc(Nc2cccc(F)c2)n1. The topological polar surface area (TPSA) is 85.4 Å². The highest BCUT2D eigenvalue weighted by Crippen LogP contribution is 2.32. The Labute approximate surface area is 160 Å². The minimum Gasteiger partial charge on any atom is -0.454 e. The number of benzene rings is 2. The van der Waals surface area contributed by atoms with Crippen LogP contribution in [0.1, 0.15) is 21.7 Å². The Morgan fingerprint density at radius 3 is 2.82 bits per heavy atom. The third-order valence-electron chi connectivity index (χ3n) is 4.06. The smallest absolute Gasteiger partial charge is 0.270 e. The Balaban J connectivity index is 1.45. The largest absolute Gasteiger partial charge is 0.454 e. The van der Waals surface area contributed by atoms with Gasteiger partial charge in [-0.05, 0) is 48.9 Å². The number of ether oxygens (including phenoxy) is 2. The molecule has 0 saturated heterocycles. The van der Waals surface area contributed by atoms with Crippen LogP contribution < -0.4 is 20.1 Å². The summed E-state index contributed by atoms with van der Waals surface area (Å²) in [5, 5.41) is 5.73. The summed E-state index contributed by atoms with van der Waals surface area (Å²) in [7, 11) is 0. The van der Waals surface area contributed by atoms with E-state index >= 15 is 0 Å². The van der Waals surface area contributed by atoms with E-state index in [1.165, 1.54) is 12.1 Å². The van der Waals surface area contributed by atoms with E-state index < -0.39 is 0 Å². The number of hydrogen-bond acceptors (Lipinski definition) is 6. The molecule has 1 amide bonds. The van der Waals surface area contributed by atoms with Gasteiger partial charge < -0.3 is 20.1 Å². The monoisotopic (exact) mass is 380 g/mol. The molecule has 28 heavy (non-hydrogen) atoms. The van der Waals surface area contributed by atoms with Crippen molar-refractivity contribution in [2.45, 2.75) is 13.5 Å². The number of nitrogens with zero attached hydrogens (tertiary/aromatic N) is 2. The molecular formula is C20H17FN4O3. The van der Waals surface area contributed by atoms with Crippen LogP contribution in [-0.2, 0) is 6.54 Å². The minimum absolute atomic E-state index is 0.201. The van der Waals surface area contributed by atoms with Gasteiger partial charge in [0.05, 0.1) is 0 Å². The van der Waals surface area contributed by atoms with E-state index in [4.69, 9.17) is 9.47 Å². The number of amides is 1. The molecule has 7 nitrogen and oxygen atoms in total. The van der Waals surface area contributed by atoms with E-state index in [0.717, 1.165) is 5.56 Å². The lowest BCUT2D eigenvalue weighted by molar-refractivity contribution is 0.0945. The van der Waals surface area contributed by atoms with Gasteiger partial charge >= 0.3 is 0 Å². The van der Waals surface area contributed by atoms with Crippen LogP contribution in [0.15, 0.2) is 48.5 Å². The van der Waals surface area contributed by atoms with Crippen LogP contribution >= 0.6 is 0 Å². The van der Waals surface area contributed by atoms with Gasteiger partial charge in [0, 0.05) is 17.9 Å². The van der Waals surface area contributed by atoms with Gasteiger partial charge in [-0.25, -0.2) is 14.4 Å². The van der Waals surface area contributed by atoms with E-state index in [1.807, 2.05) is 12.1 Å². The molecule has 1 aromatic heterocycles. The van der Waals surface area contributed by atoms with Crippen molar-refractivity contribution in [2.75, 3.05) is 12.1 Å². The average Bonchev–Trinajstić information content (AvgIpc) is 3.13. The van der Waals surface area contributed by atoms with Crippen molar-refractivity contribution in [1.82, 2.24) is 15.3 Å². The summed E-state index contributed by atoms with van der Waals surface area (Å²) < 4.78 is 23.9. The number of aryl methyl sites for hydroxylation is 1. The number of nitrogens with one attached hydrogen (secondary N) is 2. The summed E-state index contributed by atoms with van der Waals surface area (Å²) >= 11 is 0. The average molecular weight is 380 g/mol. The fraction of sp³-hybridized carbons (Fsp3) is 0.150. The molecule has 142 valence electrons. The maximum atomic E-state index is 13.3. The predicted octanol–water partition coefficient (Wildman–Crippen LogP) is 3.33. The van der Waals surface area contributed by atoms with E-state index in [0.29, 0.717) is 29.4 Å². The Morgan fingerprint density at radius 1 is 1.11 bits per heavy atom. The molecule has 2 aromatic carbocycles. The first-order valence-corrected chi connectivity index (χ1v) is 8.62. The van der Waals surface area contributed by atoms with Crippen LogP contribution in [0.4, 0.5) is 16.0 Å². The van der Waals surface area contributed by atoms with Gasteiger partial charge in [0.25, 0.3) is 5.91 Å². The molecule has 8 heteroatoms. The molecule has 0 atom stereocenters. The lowest BCUT2D eigenvalue weighted by Gasteiger charge is -2.09. The molecule has 0 saturated carbocycles. The number of carbonyl (C=O) groups excluding carboxylic acids is 1. The highest BCUT2D eigenvalue weighted by atomic mass is 19.1. The molecule has 0 aliphatic carbocycles. The molecule has 2 heterocycles. The maximum Gasteiger partial charge on any atom is 0.270 e. The Bertz CT molecular complexity index is 1040. The van der Waals surface area contributed by atoms with E-state index in [-0.39, 0.29) is 30.2 Å². The first-order chi connectivity index (χ1) is 13.6. The summed E-state index contributed by atoms with van der Waals surface area (Å²) in [5.74, 6) is 0.851. The fourth-order valence-corrected chi connectivity index (χ4v) is 2.76. The molecular weight excluding hydrogens is 363 g/mol. The number of hydrogen-bond donors (Lipinski definition) is 2. The molecule has 4 rings (SSSR count). The summed E-state index contributed by atoms with van der Waals surface area (Å²) in [5.41, 5.74) is 2.20. The third kappa shape index (κ3) is 4.01. The van der Waals surface area contributed by atoms with Crippen molar-refractivity contribution in [1.29, 1.82) is 0 Å². The van der Waals surface area contributed by atoms with E-state index in [1.54, 1.807) is 31.2 Å². The van der Waals surface area contributed by atoms with Crippen LogP contribution in [0.3, 0.4) is 0 Å². The second-order valence-electron chi connectivity index (χ2n) is 6.22. The van der Waals surface area contributed by atoms with Gasteiger partial charge in [-0.3, -0.25) is 4.79 Å². The van der Waals surface area contributed by atoms with Crippen molar-refractivity contribution in [3.63, 3.8) is 0 Å². The predicted molar refractivity (Wildman–Crippen MR) is 100 cm³/mol. The zero-order valence-corrected chi connectivity index (χ0v) is 15.0. The number of rotatable bonds is 5. The molecule has 3 aromatic rings. The molecule has 1 aliphatic heterocycles. The Hall–Kier alpha value is -3.68. The van der Waals surface area contributed by atoms with Gasteiger partial charge in [-0.15, -0.1) is 0 Å². The number of anilines is 2. The van der Waals surface area contributed by atoms with Crippen LogP contribution in [0.2, 0.25) is 0 Å². The molecule has 0 radical (unpaired) electrons. The molecule has 1 aliphatic rings. The standard InChI is InChI=1S/C20H17FN4O3/c1-12-7-16(25-20(23-12)24-15-4-2-3-14(21)9-15)19(26)22-10-13-5-6-17-18(8-13)28-11-27-17/h2-9H,10-11H2,1H3,(H,22,26)(H,23,24,25). The van der Waals surface area contributed by atoms with Crippen LogP contribution in [-0.4, -0.2) is 22.7 Å². The zero-order chi connectivity index (χ0) is 19.5. The summed E-state index contributed by atoms with van der Waals surface area (Å²) in [4.78, 5) is 21.0. The van der Waals surface area contributed by atoms with Gasteiger partial charge in [0.2, 0.25) is 12.7 Å². The number of carbonyl (C=O) groups is 1. The van der Waals surface area contributed by atoms with Gasteiger partial charge in [-0.2, -0.15) is 0 Å². The third-order valence-corrected chi connectivity index (χ3v) is 4.06. The minimum atomic E-state index is -0.376. The van der Waals surface area contributed by atoms with Crippen molar-refractivity contribution in [3.8, 4) is 11.5 Å². The first-order valence-electron chi connectivity index (χ1n) is 8.62. The highest BCUT2D eigenvalue weighted by molar-refractivity contribution is 5.92. The summed E-state index contributed by atoms with van der Waals surface area (Å²) in [6, 6.07) is 13.0. The van der Waals surface area contributed by atoms with E-state index in [2.05, 4.69) is 20.6 Å². The second kappa shape index (κ2) is 7.51. The number of halogens is 1. The van der Waals surface area contributed by atoms with Crippen LogP contribution in [0, 0.1) is 12.7 Å². The molecule has 0 unspecified atom stereocenters. The maximum absolute atomic E-state index is 13.3. The normalized spacial score (nSPS) is 11.9. The Kier molecular flexibility index (Phi) is 4.76. The fourth-order valence-electron chi connectivity index (χ4n) is 2.76. The first kappa shape index (κ1) is 17.7. The van der Waals surface area contributed by atoms with Crippen LogP contribution in [0.25, 0.3) is 0 Å². The molecule has 0 fully saturated rings. The summed E-state index contributed by atoms with van der Waals surface area (Å²) in [6.45, 7) is 2.27. The summed E-state index contributed by atoms with van der Waals surface area (Å²) in [6.07, 6.45) is 0. The lowest BCUT2D eigenvalue weighted by Crippen LogP contribution is -2.24. The van der Waals surface area contributed by atoms with Gasteiger partial charge in [0.1, 0.15) is 11.5 Å².